The Kier molecular flexibility index (Phi) is 4.28. The molecule has 0 saturated heterocycles. The zero-order valence-corrected chi connectivity index (χ0v) is 13.0. The first-order valence-electron chi connectivity index (χ1n) is 7.19. The van der Waals surface area contributed by atoms with Crippen molar-refractivity contribution in [2.75, 3.05) is 0 Å². The second-order valence-electron chi connectivity index (χ2n) is 5.91. The van der Waals surface area contributed by atoms with Gasteiger partial charge in [0.1, 0.15) is 5.69 Å². The van der Waals surface area contributed by atoms with Crippen molar-refractivity contribution in [3.63, 3.8) is 0 Å². The fourth-order valence-corrected chi connectivity index (χ4v) is 1.93. The summed E-state index contributed by atoms with van der Waals surface area (Å²) in [6.45, 7) is 12.0. The third-order valence-corrected chi connectivity index (χ3v) is 3.07. The summed E-state index contributed by atoms with van der Waals surface area (Å²) in [5.41, 5.74) is 2.13. The Bertz CT molecular complexity index is 563. The highest BCUT2D eigenvalue weighted by atomic mass is 16.4. The predicted molar refractivity (Wildman–Crippen MR) is 79.4 cm³/mol. The van der Waals surface area contributed by atoms with Gasteiger partial charge in [0.15, 0.2) is 5.76 Å². The van der Waals surface area contributed by atoms with Crippen LogP contribution < -0.4 is 5.32 Å². The van der Waals surface area contributed by atoms with E-state index in [0.717, 1.165) is 30.1 Å². The van der Waals surface area contributed by atoms with Crippen molar-refractivity contribution in [2.24, 2.45) is 0 Å². The number of aryl methyl sites for hydroxylation is 2. The highest BCUT2D eigenvalue weighted by Gasteiger charge is 2.15. The van der Waals surface area contributed by atoms with Crippen molar-refractivity contribution in [1.82, 2.24) is 20.1 Å². The van der Waals surface area contributed by atoms with Crippen LogP contribution in [0.2, 0.25) is 0 Å². The molecule has 0 saturated carbocycles. The predicted octanol–water partition coefficient (Wildman–Crippen LogP) is 3.01. The van der Waals surface area contributed by atoms with E-state index in [1.807, 2.05) is 4.68 Å². The molecular weight excluding hydrogens is 252 g/mol. The molecule has 0 radical (unpaired) electrons. The Morgan fingerprint density at radius 1 is 1.30 bits per heavy atom. The summed E-state index contributed by atoms with van der Waals surface area (Å²) in [7, 11) is 0. The van der Waals surface area contributed by atoms with Crippen molar-refractivity contribution < 1.29 is 4.42 Å². The molecule has 0 aliphatic rings. The number of oxazole rings is 1. The van der Waals surface area contributed by atoms with Crippen LogP contribution in [0.25, 0.3) is 11.5 Å². The summed E-state index contributed by atoms with van der Waals surface area (Å²) < 4.78 is 7.79. The molecule has 2 aromatic rings. The maximum Gasteiger partial charge on any atom is 0.208 e. The van der Waals surface area contributed by atoms with Crippen molar-refractivity contribution in [2.45, 2.75) is 59.7 Å². The first kappa shape index (κ1) is 14.8. The average Bonchev–Trinajstić information content (AvgIpc) is 3.01. The van der Waals surface area contributed by atoms with E-state index in [0.29, 0.717) is 12.4 Å². The van der Waals surface area contributed by atoms with Gasteiger partial charge in [-0.2, -0.15) is 5.10 Å². The molecule has 2 aromatic heterocycles. The van der Waals surface area contributed by atoms with E-state index >= 15 is 0 Å². The molecule has 0 atom stereocenters. The summed E-state index contributed by atoms with van der Waals surface area (Å²) in [6.07, 6.45) is 2.70. The summed E-state index contributed by atoms with van der Waals surface area (Å²) in [5, 5.41) is 7.90. The van der Waals surface area contributed by atoms with Crippen LogP contribution in [0.5, 0.6) is 0 Å². The number of hydrogen-bond donors (Lipinski definition) is 1. The van der Waals surface area contributed by atoms with Crippen LogP contribution in [0.1, 0.15) is 46.2 Å². The Hall–Kier alpha value is -1.62. The number of nitrogens with one attached hydrogen (secondary N) is 1. The zero-order valence-electron chi connectivity index (χ0n) is 13.0. The molecule has 0 aliphatic heterocycles. The van der Waals surface area contributed by atoms with Crippen LogP contribution in [0.3, 0.4) is 0 Å². The standard InChI is InChI=1S/C15H24N4O/c1-6-11-8-12(19(7-2)18-11)13-9-16-14(20-13)10-17-15(3,4)5/h8-9,17H,6-7,10H2,1-5H3. The van der Waals surface area contributed by atoms with Crippen molar-refractivity contribution in [1.29, 1.82) is 0 Å². The Balaban J connectivity index is 2.18. The Morgan fingerprint density at radius 2 is 2.05 bits per heavy atom. The lowest BCUT2D eigenvalue weighted by Crippen LogP contribution is -2.35. The lowest BCUT2D eigenvalue weighted by Gasteiger charge is -2.18. The van der Waals surface area contributed by atoms with E-state index in [-0.39, 0.29) is 5.54 Å². The molecule has 0 aromatic carbocycles. The first-order valence-corrected chi connectivity index (χ1v) is 7.19. The van der Waals surface area contributed by atoms with Gasteiger partial charge < -0.3 is 9.73 Å². The Labute approximate surface area is 120 Å². The summed E-state index contributed by atoms with van der Waals surface area (Å²) >= 11 is 0. The number of nitrogens with zero attached hydrogens (tertiary/aromatic N) is 3. The van der Waals surface area contributed by atoms with E-state index < -0.39 is 0 Å². The maximum absolute atomic E-state index is 5.83. The molecule has 0 aliphatic carbocycles. The summed E-state index contributed by atoms with van der Waals surface area (Å²) in [6, 6.07) is 2.07. The maximum atomic E-state index is 5.83. The number of aromatic nitrogens is 3. The zero-order chi connectivity index (χ0) is 14.8. The van der Waals surface area contributed by atoms with E-state index in [1.165, 1.54) is 0 Å². The van der Waals surface area contributed by atoms with Gasteiger partial charge in [-0.05, 0) is 40.2 Å². The van der Waals surface area contributed by atoms with Crippen LogP contribution in [-0.2, 0) is 19.5 Å². The molecule has 5 nitrogen and oxygen atoms in total. The molecule has 0 fully saturated rings. The second-order valence-corrected chi connectivity index (χ2v) is 5.91. The minimum Gasteiger partial charge on any atom is -0.438 e. The average molecular weight is 276 g/mol. The lowest BCUT2D eigenvalue weighted by molar-refractivity contribution is 0.383. The van der Waals surface area contributed by atoms with Gasteiger partial charge in [-0.1, -0.05) is 6.92 Å². The third kappa shape index (κ3) is 3.48. The highest BCUT2D eigenvalue weighted by molar-refractivity contribution is 5.52. The van der Waals surface area contributed by atoms with Gasteiger partial charge in [0, 0.05) is 12.1 Å². The third-order valence-electron chi connectivity index (χ3n) is 3.07. The molecule has 0 unspecified atom stereocenters. The summed E-state index contributed by atoms with van der Waals surface area (Å²) in [4.78, 5) is 4.34. The topological polar surface area (TPSA) is 55.9 Å². The Morgan fingerprint density at radius 3 is 2.65 bits per heavy atom. The van der Waals surface area contributed by atoms with Crippen LogP contribution >= 0.6 is 0 Å². The van der Waals surface area contributed by atoms with Gasteiger partial charge >= 0.3 is 0 Å². The molecular formula is C15H24N4O. The van der Waals surface area contributed by atoms with Gasteiger partial charge in [-0.15, -0.1) is 0 Å². The molecule has 20 heavy (non-hydrogen) atoms. The minimum absolute atomic E-state index is 0.0508. The highest BCUT2D eigenvalue weighted by Crippen LogP contribution is 2.22. The molecule has 2 heterocycles. The second kappa shape index (κ2) is 5.79. The normalized spacial score (nSPS) is 12.1. The van der Waals surface area contributed by atoms with E-state index in [2.05, 4.69) is 56.1 Å². The molecule has 5 heteroatoms. The molecule has 1 N–H and O–H groups in total. The number of rotatable bonds is 5. The molecule has 0 amide bonds. The fraction of sp³-hybridized carbons (Fsp3) is 0.600. The smallest absolute Gasteiger partial charge is 0.208 e. The van der Waals surface area contributed by atoms with Gasteiger partial charge in [0.2, 0.25) is 5.89 Å². The van der Waals surface area contributed by atoms with Gasteiger partial charge in [0.25, 0.3) is 0 Å². The number of hydrogen-bond acceptors (Lipinski definition) is 4. The van der Waals surface area contributed by atoms with Crippen molar-refractivity contribution in [3.05, 3.63) is 23.8 Å². The minimum atomic E-state index is 0.0508. The van der Waals surface area contributed by atoms with E-state index in [1.54, 1.807) is 6.20 Å². The van der Waals surface area contributed by atoms with Gasteiger partial charge in [-0.3, -0.25) is 4.68 Å². The summed E-state index contributed by atoms with van der Waals surface area (Å²) in [5.74, 6) is 1.49. The largest absolute Gasteiger partial charge is 0.438 e. The lowest BCUT2D eigenvalue weighted by atomic mass is 10.1. The SMILES string of the molecule is CCc1cc(-c2cnc(CNC(C)(C)C)o2)n(CC)n1. The van der Waals surface area contributed by atoms with E-state index in [4.69, 9.17) is 4.42 Å². The van der Waals surface area contributed by atoms with Crippen molar-refractivity contribution >= 4 is 0 Å². The van der Waals surface area contributed by atoms with Gasteiger partial charge in [0.05, 0.1) is 18.4 Å². The van der Waals surface area contributed by atoms with Crippen molar-refractivity contribution in [3.8, 4) is 11.5 Å². The van der Waals surface area contributed by atoms with Crippen LogP contribution in [0.4, 0.5) is 0 Å². The van der Waals surface area contributed by atoms with Crippen LogP contribution in [0, 0.1) is 0 Å². The van der Waals surface area contributed by atoms with Crippen LogP contribution in [0.15, 0.2) is 16.7 Å². The van der Waals surface area contributed by atoms with E-state index in [9.17, 15) is 0 Å². The van der Waals surface area contributed by atoms with Gasteiger partial charge in [-0.25, -0.2) is 4.98 Å². The molecule has 110 valence electrons. The van der Waals surface area contributed by atoms with Crippen LogP contribution in [-0.4, -0.2) is 20.3 Å². The fourth-order valence-electron chi connectivity index (χ4n) is 1.93. The first-order chi connectivity index (χ1) is 9.43. The molecule has 2 rings (SSSR count). The molecule has 0 spiro atoms. The molecule has 0 bridgehead atoms. The monoisotopic (exact) mass is 276 g/mol. The quantitative estimate of drug-likeness (QED) is 0.912.